The fourth-order valence-corrected chi connectivity index (χ4v) is 2.06. The molecule has 0 aliphatic carbocycles. The first-order valence-corrected chi connectivity index (χ1v) is 6.37. The van der Waals surface area contributed by atoms with Crippen molar-refractivity contribution in [1.29, 1.82) is 0 Å². The van der Waals surface area contributed by atoms with Crippen LogP contribution in [-0.2, 0) is 4.79 Å². The summed E-state index contributed by atoms with van der Waals surface area (Å²) < 4.78 is 0. The molecule has 0 fully saturated rings. The van der Waals surface area contributed by atoms with E-state index in [1.165, 1.54) is 23.1 Å². The molecule has 108 valence electrons. The summed E-state index contributed by atoms with van der Waals surface area (Å²) in [6.45, 7) is 1.26. The lowest BCUT2D eigenvalue weighted by Crippen LogP contribution is -2.36. The van der Waals surface area contributed by atoms with Gasteiger partial charge < -0.3 is 10.2 Å². The molecule has 0 saturated heterocycles. The second-order valence-corrected chi connectivity index (χ2v) is 4.62. The topological polar surface area (TPSA) is 77.8 Å². The Kier molecular flexibility index (Phi) is 4.23. The molecule has 2 rings (SSSR count). The number of carboxylic acids is 1. The predicted octanol–water partition coefficient (Wildman–Crippen LogP) is 2.43. The maximum atomic E-state index is 12.6. The molecule has 2 N–H and O–H groups in total. The number of carbonyl (C=O) groups is 2. The van der Waals surface area contributed by atoms with Crippen LogP contribution in [0.25, 0.3) is 0 Å². The van der Waals surface area contributed by atoms with Crippen LogP contribution in [0.15, 0.2) is 48.5 Å². The Bertz CT molecular complexity index is 667. The minimum atomic E-state index is -1.09. The smallest absolute Gasteiger partial charge is 0.323 e. The zero-order chi connectivity index (χ0) is 15.4. The van der Waals surface area contributed by atoms with E-state index in [4.69, 9.17) is 5.11 Å². The van der Waals surface area contributed by atoms with Crippen LogP contribution in [0.4, 0.5) is 5.69 Å². The number of hydrogen-bond acceptors (Lipinski definition) is 3. The molecule has 0 unspecified atom stereocenters. The van der Waals surface area contributed by atoms with Gasteiger partial charge in [0.05, 0.1) is 0 Å². The molecule has 5 heteroatoms. The van der Waals surface area contributed by atoms with E-state index in [-0.39, 0.29) is 5.75 Å². The van der Waals surface area contributed by atoms with E-state index >= 15 is 0 Å². The fourth-order valence-electron chi connectivity index (χ4n) is 2.06. The highest BCUT2D eigenvalue weighted by Gasteiger charge is 2.21. The molecular formula is C16H15NO4. The third kappa shape index (κ3) is 3.39. The van der Waals surface area contributed by atoms with Crippen LogP contribution in [0.2, 0.25) is 0 Å². The standard InChI is InChI=1S/C16H15NO4/c1-11-9-13(18)7-8-14(11)16(21)17(10-15(19)20)12-5-3-2-4-6-12/h2-9,18H,10H2,1H3,(H,19,20). The summed E-state index contributed by atoms with van der Waals surface area (Å²) in [6.07, 6.45) is 0. The summed E-state index contributed by atoms with van der Waals surface area (Å²) in [4.78, 5) is 24.8. The third-order valence-corrected chi connectivity index (χ3v) is 3.05. The number of nitrogens with zero attached hydrogens (tertiary/aromatic N) is 1. The predicted molar refractivity (Wildman–Crippen MR) is 78.6 cm³/mol. The van der Waals surface area contributed by atoms with E-state index in [2.05, 4.69) is 0 Å². The number of carbonyl (C=O) groups excluding carboxylic acids is 1. The summed E-state index contributed by atoms with van der Waals surface area (Å²) in [5.74, 6) is -1.45. The van der Waals surface area contributed by atoms with Crippen molar-refractivity contribution in [3.05, 3.63) is 59.7 Å². The molecule has 0 heterocycles. The van der Waals surface area contributed by atoms with Gasteiger partial charge in [0.1, 0.15) is 12.3 Å². The number of anilines is 1. The van der Waals surface area contributed by atoms with Crippen LogP contribution in [0, 0.1) is 6.92 Å². The molecule has 0 radical (unpaired) electrons. The average Bonchev–Trinajstić information content (AvgIpc) is 2.45. The van der Waals surface area contributed by atoms with E-state index < -0.39 is 18.4 Å². The average molecular weight is 285 g/mol. The number of rotatable bonds is 4. The molecule has 1 amide bonds. The number of aromatic hydroxyl groups is 1. The van der Waals surface area contributed by atoms with E-state index in [1.807, 2.05) is 0 Å². The number of aryl methyl sites for hydroxylation is 1. The van der Waals surface area contributed by atoms with Crippen molar-refractivity contribution in [2.75, 3.05) is 11.4 Å². The van der Waals surface area contributed by atoms with Crippen molar-refractivity contribution >= 4 is 17.6 Å². The number of phenols is 1. The summed E-state index contributed by atoms with van der Waals surface area (Å²) in [5.41, 5.74) is 1.46. The molecule has 0 aliphatic heterocycles. The maximum absolute atomic E-state index is 12.6. The lowest BCUT2D eigenvalue weighted by atomic mass is 10.1. The second kappa shape index (κ2) is 6.09. The van der Waals surface area contributed by atoms with Crippen LogP contribution in [-0.4, -0.2) is 28.6 Å². The van der Waals surface area contributed by atoms with Gasteiger partial charge >= 0.3 is 5.97 Å². The summed E-state index contributed by atoms with van der Waals surface area (Å²) in [7, 11) is 0. The summed E-state index contributed by atoms with van der Waals surface area (Å²) in [6, 6.07) is 13.0. The number of amides is 1. The molecule has 0 aliphatic rings. The lowest BCUT2D eigenvalue weighted by Gasteiger charge is -2.21. The van der Waals surface area contributed by atoms with Crippen molar-refractivity contribution < 1.29 is 19.8 Å². The van der Waals surface area contributed by atoms with E-state index in [0.29, 0.717) is 16.8 Å². The highest BCUT2D eigenvalue weighted by Crippen LogP contribution is 2.21. The van der Waals surface area contributed by atoms with Gasteiger partial charge in [0, 0.05) is 11.3 Å². The van der Waals surface area contributed by atoms with Crippen LogP contribution >= 0.6 is 0 Å². The van der Waals surface area contributed by atoms with Crippen molar-refractivity contribution in [3.8, 4) is 5.75 Å². The van der Waals surface area contributed by atoms with Gasteiger partial charge in [-0.3, -0.25) is 14.5 Å². The molecular weight excluding hydrogens is 270 g/mol. The first-order valence-electron chi connectivity index (χ1n) is 6.37. The third-order valence-electron chi connectivity index (χ3n) is 3.05. The Hall–Kier alpha value is -2.82. The molecule has 0 saturated carbocycles. The lowest BCUT2D eigenvalue weighted by molar-refractivity contribution is -0.135. The first-order chi connectivity index (χ1) is 9.99. The van der Waals surface area contributed by atoms with E-state index in [1.54, 1.807) is 37.3 Å². The molecule has 0 aromatic heterocycles. The normalized spacial score (nSPS) is 10.1. The second-order valence-electron chi connectivity index (χ2n) is 4.62. The zero-order valence-corrected chi connectivity index (χ0v) is 11.5. The number of hydrogen-bond donors (Lipinski definition) is 2. The maximum Gasteiger partial charge on any atom is 0.323 e. The molecule has 21 heavy (non-hydrogen) atoms. The molecule has 0 atom stereocenters. The zero-order valence-electron chi connectivity index (χ0n) is 11.5. The minimum Gasteiger partial charge on any atom is -0.508 e. The van der Waals surface area contributed by atoms with Gasteiger partial charge in [-0.1, -0.05) is 18.2 Å². The van der Waals surface area contributed by atoms with Gasteiger partial charge in [-0.25, -0.2) is 0 Å². The molecule has 2 aromatic rings. The van der Waals surface area contributed by atoms with Crippen LogP contribution < -0.4 is 4.90 Å². The Morgan fingerprint density at radius 1 is 1.10 bits per heavy atom. The van der Waals surface area contributed by atoms with Crippen molar-refractivity contribution in [2.24, 2.45) is 0 Å². The molecule has 0 spiro atoms. The molecule has 0 bridgehead atoms. The Labute approximate surface area is 122 Å². The largest absolute Gasteiger partial charge is 0.508 e. The van der Waals surface area contributed by atoms with Gasteiger partial charge in [-0.05, 0) is 42.8 Å². The highest BCUT2D eigenvalue weighted by atomic mass is 16.4. The number of aliphatic carboxylic acids is 1. The Balaban J connectivity index is 2.41. The number of para-hydroxylation sites is 1. The van der Waals surface area contributed by atoms with Crippen molar-refractivity contribution in [3.63, 3.8) is 0 Å². The van der Waals surface area contributed by atoms with Crippen molar-refractivity contribution in [1.82, 2.24) is 0 Å². The minimum absolute atomic E-state index is 0.0635. The Morgan fingerprint density at radius 3 is 2.33 bits per heavy atom. The van der Waals surface area contributed by atoms with Gasteiger partial charge in [0.25, 0.3) is 5.91 Å². The molecule has 5 nitrogen and oxygen atoms in total. The number of benzene rings is 2. The van der Waals surface area contributed by atoms with Gasteiger partial charge in [0.2, 0.25) is 0 Å². The van der Waals surface area contributed by atoms with Gasteiger partial charge in [0.15, 0.2) is 0 Å². The summed E-state index contributed by atoms with van der Waals surface area (Å²) in [5, 5.41) is 18.4. The number of phenolic OH excluding ortho intramolecular Hbond substituents is 1. The van der Waals surface area contributed by atoms with E-state index in [0.717, 1.165) is 0 Å². The monoisotopic (exact) mass is 285 g/mol. The SMILES string of the molecule is Cc1cc(O)ccc1C(=O)N(CC(=O)O)c1ccccc1. The van der Waals surface area contributed by atoms with Gasteiger partial charge in [-0.15, -0.1) is 0 Å². The van der Waals surface area contributed by atoms with Crippen LogP contribution in [0.3, 0.4) is 0 Å². The fraction of sp³-hybridized carbons (Fsp3) is 0.125. The number of carboxylic acid groups (broad SMARTS) is 1. The van der Waals surface area contributed by atoms with Crippen LogP contribution in [0.5, 0.6) is 5.75 Å². The summed E-state index contributed by atoms with van der Waals surface area (Å²) >= 11 is 0. The quantitative estimate of drug-likeness (QED) is 0.904. The van der Waals surface area contributed by atoms with Crippen molar-refractivity contribution in [2.45, 2.75) is 6.92 Å². The van der Waals surface area contributed by atoms with Gasteiger partial charge in [-0.2, -0.15) is 0 Å². The first kappa shape index (κ1) is 14.6. The van der Waals surface area contributed by atoms with E-state index in [9.17, 15) is 14.7 Å². The van der Waals surface area contributed by atoms with Crippen LogP contribution in [0.1, 0.15) is 15.9 Å². The molecule has 2 aromatic carbocycles. The highest BCUT2D eigenvalue weighted by molar-refractivity contribution is 6.09. The Morgan fingerprint density at radius 2 is 1.76 bits per heavy atom.